The second kappa shape index (κ2) is 5.66. The van der Waals surface area contributed by atoms with Crippen LogP contribution in [0.4, 0.5) is 0 Å². The van der Waals surface area contributed by atoms with Crippen LogP contribution in [0.5, 0.6) is 0 Å². The molecule has 1 atom stereocenters. The molecule has 1 saturated heterocycles. The molecule has 7 heteroatoms. The highest BCUT2D eigenvalue weighted by Gasteiger charge is 2.33. The van der Waals surface area contributed by atoms with Crippen LogP contribution in [0.3, 0.4) is 0 Å². The Morgan fingerprint density at radius 1 is 1.12 bits per heavy atom. The van der Waals surface area contributed by atoms with Crippen LogP contribution in [0.1, 0.15) is 35.1 Å². The van der Waals surface area contributed by atoms with E-state index in [4.69, 9.17) is 4.98 Å². The predicted molar refractivity (Wildman–Crippen MR) is 97.6 cm³/mol. The molecule has 7 nitrogen and oxygen atoms in total. The summed E-state index contributed by atoms with van der Waals surface area (Å²) < 4.78 is 2.10. The number of benzene rings is 2. The molecule has 1 amide bonds. The molecule has 130 valence electrons. The second-order valence-corrected chi connectivity index (χ2v) is 6.70. The fraction of sp³-hybridized carbons (Fsp3) is 0.263. The highest BCUT2D eigenvalue weighted by Crippen LogP contribution is 2.34. The van der Waals surface area contributed by atoms with Crippen molar-refractivity contribution in [2.24, 2.45) is 7.05 Å². The van der Waals surface area contributed by atoms with E-state index >= 15 is 0 Å². The van der Waals surface area contributed by atoms with Crippen molar-refractivity contribution in [3.05, 3.63) is 53.9 Å². The topological polar surface area (TPSA) is 79.7 Å². The maximum atomic E-state index is 13.2. The van der Waals surface area contributed by atoms with E-state index in [-0.39, 0.29) is 11.9 Å². The van der Waals surface area contributed by atoms with Crippen molar-refractivity contribution >= 4 is 28.0 Å². The molecule has 26 heavy (non-hydrogen) atoms. The number of amides is 1. The zero-order chi connectivity index (χ0) is 17.7. The molecule has 0 spiro atoms. The van der Waals surface area contributed by atoms with Gasteiger partial charge in [0.05, 0.1) is 17.1 Å². The molecule has 2 aromatic heterocycles. The van der Waals surface area contributed by atoms with E-state index in [1.807, 2.05) is 42.3 Å². The first kappa shape index (κ1) is 15.1. The van der Waals surface area contributed by atoms with Gasteiger partial charge in [0, 0.05) is 19.2 Å². The number of hydrogen-bond donors (Lipinski definition) is 1. The SMILES string of the molecule is Cn1c([C@@H]2CCCN2C(=O)c2ccc3n[nH]nc3c2)nc2ccccc21. The normalized spacial score (nSPS) is 17.4. The first-order chi connectivity index (χ1) is 12.7. The second-order valence-electron chi connectivity index (χ2n) is 6.70. The van der Waals surface area contributed by atoms with Crippen molar-refractivity contribution in [2.75, 3.05) is 6.54 Å². The van der Waals surface area contributed by atoms with E-state index in [0.29, 0.717) is 11.1 Å². The molecule has 0 bridgehead atoms. The molecule has 5 rings (SSSR count). The van der Waals surface area contributed by atoms with Gasteiger partial charge in [-0.3, -0.25) is 4.79 Å². The minimum Gasteiger partial charge on any atom is -0.329 e. The van der Waals surface area contributed by atoms with Crippen molar-refractivity contribution in [1.82, 2.24) is 29.9 Å². The van der Waals surface area contributed by atoms with Crippen molar-refractivity contribution in [3.63, 3.8) is 0 Å². The molecule has 2 aromatic carbocycles. The molecule has 0 saturated carbocycles. The lowest BCUT2D eigenvalue weighted by molar-refractivity contribution is 0.0728. The number of aromatic nitrogens is 5. The Morgan fingerprint density at radius 3 is 2.85 bits per heavy atom. The summed E-state index contributed by atoms with van der Waals surface area (Å²) in [5.74, 6) is 0.962. The van der Waals surface area contributed by atoms with E-state index in [1.165, 1.54) is 0 Å². The van der Waals surface area contributed by atoms with E-state index < -0.39 is 0 Å². The third-order valence-corrected chi connectivity index (χ3v) is 5.20. The van der Waals surface area contributed by atoms with Crippen LogP contribution < -0.4 is 0 Å². The minimum absolute atomic E-state index is 0.00657. The number of nitrogens with one attached hydrogen (secondary N) is 1. The molecule has 1 N–H and O–H groups in total. The standard InChI is InChI=1S/C19H18N6O/c1-24-16-6-3-2-5-14(16)20-18(24)17-7-4-10-25(17)19(26)12-8-9-13-15(11-12)22-23-21-13/h2-3,5-6,8-9,11,17H,4,7,10H2,1H3,(H,21,22,23)/t17-/m0/s1. The van der Waals surface area contributed by atoms with Gasteiger partial charge < -0.3 is 9.47 Å². The lowest BCUT2D eigenvalue weighted by Crippen LogP contribution is -2.31. The summed E-state index contributed by atoms with van der Waals surface area (Å²) in [5, 5.41) is 10.7. The Bertz CT molecular complexity index is 1130. The molecule has 1 aliphatic rings. The van der Waals surface area contributed by atoms with Crippen LogP contribution >= 0.6 is 0 Å². The number of aryl methyl sites for hydroxylation is 1. The first-order valence-electron chi connectivity index (χ1n) is 8.75. The van der Waals surface area contributed by atoms with E-state index in [1.54, 1.807) is 6.07 Å². The van der Waals surface area contributed by atoms with Crippen LogP contribution in [-0.4, -0.2) is 42.3 Å². The number of fused-ring (bicyclic) bond motifs is 2. The third-order valence-electron chi connectivity index (χ3n) is 5.20. The zero-order valence-electron chi connectivity index (χ0n) is 14.4. The van der Waals surface area contributed by atoms with E-state index in [2.05, 4.69) is 26.0 Å². The molecule has 0 radical (unpaired) electrons. The lowest BCUT2D eigenvalue weighted by atomic mass is 10.1. The maximum absolute atomic E-state index is 13.2. The van der Waals surface area contributed by atoms with Gasteiger partial charge in [-0.15, -0.1) is 0 Å². The van der Waals surface area contributed by atoms with Crippen LogP contribution in [0.25, 0.3) is 22.1 Å². The van der Waals surface area contributed by atoms with Gasteiger partial charge >= 0.3 is 0 Å². The van der Waals surface area contributed by atoms with E-state index in [0.717, 1.165) is 41.8 Å². The van der Waals surface area contributed by atoms with Crippen molar-refractivity contribution in [1.29, 1.82) is 0 Å². The number of aromatic amines is 1. The summed E-state index contributed by atoms with van der Waals surface area (Å²) in [5.41, 5.74) is 4.15. The molecule has 4 aromatic rings. The van der Waals surface area contributed by atoms with Gasteiger partial charge in [-0.2, -0.15) is 15.4 Å². The fourth-order valence-corrected chi connectivity index (χ4v) is 3.88. The monoisotopic (exact) mass is 346 g/mol. The zero-order valence-corrected chi connectivity index (χ0v) is 14.4. The van der Waals surface area contributed by atoms with Crippen molar-refractivity contribution < 1.29 is 4.79 Å². The molecular weight excluding hydrogens is 328 g/mol. The number of imidazole rings is 1. The predicted octanol–water partition coefficient (Wildman–Crippen LogP) is 2.82. The molecule has 3 heterocycles. The Balaban J connectivity index is 1.53. The highest BCUT2D eigenvalue weighted by molar-refractivity contribution is 5.97. The quantitative estimate of drug-likeness (QED) is 0.605. The fourth-order valence-electron chi connectivity index (χ4n) is 3.88. The van der Waals surface area contributed by atoms with Gasteiger partial charge in [0.25, 0.3) is 5.91 Å². The summed E-state index contributed by atoms with van der Waals surface area (Å²) in [4.78, 5) is 19.9. The summed E-state index contributed by atoms with van der Waals surface area (Å²) in [7, 11) is 2.02. The summed E-state index contributed by atoms with van der Waals surface area (Å²) in [6.45, 7) is 0.740. The highest BCUT2D eigenvalue weighted by atomic mass is 16.2. The minimum atomic E-state index is -0.00657. The average Bonchev–Trinajstić information content (AvgIpc) is 3.39. The summed E-state index contributed by atoms with van der Waals surface area (Å²) >= 11 is 0. The van der Waals surface area contributed by atoms with Crippen LogP contribution in [0, 0.1) is 0 Å². The molecule has 1 fully saturated rings. The van der Waals surface area contributed by atoms with Crippen LogP contribution in [0.2, 0.25) is 0 Å². The van der Waals surface area contributed by atoms with Gasteiger partial charge in [0.1, 0.15) is 16.9 Å². The van der Waals surface area contributed by atoms with Gasteiger partial charge in [-0.1, -0.05) is 12.1 Å². The summed E-state index contributed by atoms with van der Waals surface area (Å²) in [6.07, 6.45) is 1.90. The molecule has 0 aliphatic carbocycles. The van der Waals surface area contributed by atoms with Crippen LogP contribution in [0.15, 0.2) is 42.5 Å². The molecular formula is C19H18N6O. The number of nitrogens with zero attached hydrogens (tertiary/aromatic N) is 5. The number of carbonyl (C=O) groups excluding carboxylic acids is 1. The Labute approximate surface area is 149 Å². The number of hydrogen-bond acceptors (Lipinski definition) is 4. The van der Waals surface area contributed by atoms with Gasteiger partial charge in [-0.05, 0) is 43.2 Å². The Kier molecular flexibility index (Phi) is 3.28. The average molecular weight is 346 g/mol. The molecule has 1 aliphatic heterocycles. The third kappa shape index (κ3) is 2.20. The van der Waals surface area contributed by atoms with Gasteiger partial charge in [0.15, 0.2) is 0 Å². The first-order valence-corrected chi connectivity index (χ1v) is 8.75. The van der Waals surface area contributed by atoms with Crippen molar-refractivity contribution in [2.45, 2.75) is 18.9 Å². The summed E-state index contributed by atoms with van der Waals surface area (Å²) in [6, 6.07) is 13.5. The number of para-hydroxylation sites is 2. The Hall–Kier alpha value is -3.22. The van der Waals surface area contributed by atoms with Gasteiger partial charge in [-0.25, -0.2) is 4.98 Å². The number of carbonyl (C=O) groups is 1. The number of likely N-dealkylation sites (tertiary alicyclic amines) is 1. The Morgan fingerprint density at radius 2 is 1.96 bits per heavy atom. The number of H-pyrrole nitrogens is 1. The maximum Gasteiger partial charge on any atom is 0.254 e. The molecule has 0 unspecified atom stereocenters. The van der Waals surface area contributed by atoms with Crippen molar-refractivity contribution in [3.8, 4) is 0 Å². The lowest BCUT2D eigenvalue weighted by Gasteiger charge is -2.24. The number of rotatable bonds is 2. The largest absolute Gasteiger partial charge is 0.329 e. The smallest absolute Gasteiger partial charge is 0.254 e. The van der Waals surface area contributed by atoms with Crippen LogP contribution in [-0.2, 0) is 7.05 Å². The van der Waals surface area contributed by atoms with Gasteiger partial charge in [0.2, 0.25) is 0 Å². The van der Waals surface area contributed by atoms with E-state index in [9.17, 15) is 4.79 Å².